The van der Waals surface area contributed by atoms with Crippen molar-refractivity contribution >= 4 is 38.6 Å². The van der Waals surface area contributed by atoms with Crippen LogP contribution in [0.1, 0.15) is 15.9 Å². The summed E-state index contributed by atoms with van der Waals surface area (Å²) in [6, 6.07) is 7.34. The molecule has 0 aliphatic rings. The van der Waals surface area contributed by atoms with Gasteiger partial charge in [0.2, 0.25) is 10.0 Å². The van der Waals surface area contributed by atoms with Crippen LogP contribution >= 0.6 is 11.6 Å². The lowest BCUT2D eigenvalue weighted by molar-refractivity contribution is -0.137. The second-order valence-corrected chi connectivity index (χ2v) is 9.66. The minimum Gasteiger partial charge on any atom is -0.297 e. The standard InChI is InChI=1S/C22H13ClF5N3O3S/c1-35(33,34)30-21(32)15-7-16(23)19(8-17(15)24)31-10-18(25)14-6-12(9-29-20(14)31)11-2-4-13(5-3-11)22(26,27)28/h2-10H,1H3,(H,30,32). The van der Waals surface area contributed by atoms with Crippen molar-refractivity contribution < 1.29 is 35.2 Å². The number of pyridine rings is 1. The molecule has 0 bridgehead atoms. The smallest absolute Gasteiger partial charge is 0.297 e. The van der Waals surface area contributed by atoms with E-state index in [2.05, 4.69) is 4.98 Å². The fourth-order valence-corrected chi connectivity index (χ4v) is 4.08. The van der Waals surface area contributed by atoms with Crippen molar-refractivity contribution in [1.29, 1.82) is 0 Å². The first-order valence-corrected chi connectivity index (χ1v) is 11.9. The SMILES string of the molecule is CS(=O)(=O)NC(=O)c1cc(Cl)c(-n2cc(F)c3cc(-c4ccc(C(F)(F)F)cc4)cnc32)cc1F. The lowest BCUT2D eigenvalue weighted by Crippen LogP contribution is -2.30. The van der Waals surface area contributed by atoms with Gasteiger partial charge in [-0.3, -0.25) is 9.36 Å². The number of hydrogen-bond donors (Lipinski definition) is 1. The van der Waals surface area contributed by atoms with E-state index in [-0.39, 0.29) is 21.7 Å². The summed E-state index contributed by atoms with van der Waals surface area (Å²) in [4.78, 5) is 16.2. The molecule has 2 aromatic heterocycles. The van der Waals surface area contributed by atoms with Crippen LogP contribution in [0.3, 0.4) is 0 Å². The Kier molecular flexibility index (Phi) is 6.05. The number of alkyl halides is 3. The Morgan fingerprint density at radius 2 is 1.69 bits per heavy atom. The maximum Gasteiger partial charge on any atom is 0.416 e. The highest BCUT2D eigenvalue weighted by molar-refractivity contribution is 7.89. The van der Waals surface area contributed by atoms with Crippen molar-refractivity contribution in [2.45, 2.75) is 6.18 Å². The van der Waals surface area contributed by atoms with Gasteiger partial charge in [0.25, 0.3) is 5.91 Å². The number of halogens is 6. The van der Waals surface area contributed by atoms with E-state index in [1.165, 1.54) is 24.4 Å². The number of rotatable bonds is 4. The van der Waals surface area contributed by atoms with Crippen molar-refractivity contribution in [1.82, 2.24) is 14.3 Å². The molecule has 35 heavy (non-hydrogen) atoms. The summed E-state index contributed by atoms with van der Waals surface area (Å²) in [6.45, 7) is 0. The van der Waals surface area contributed by atoms with Gasteiger partial charge in [0.05, 0.1) is 33.5 Å². The van der Waals surface area contributed by atoms with Gasteiger partial charge in [-0.15, -0.1) is 0 Å². The van der Waals surface area contributed by atoms with Crippen molar-refractivity contribution in [3.63, 3.8) is 0 Å². The largest absolute Gasteiger partial charge is 0.416 e. The molecule has 0 unspecified atom stereocenters. The van der Waals surface area contributed by atoms with Crippen molar-refractivity contribution in [3.8, 4) is 16.8 Å². The van der Waals surface area contributed by atoms with Crippen molar-refractivity contribution in [2.75, 3.05) is 6.26 Å². The molecule has 0 aliphatic carbocycles. The lowest BCUT2D eigenvalue weighted by atomic mass is 10.0. The first-order valence-electron chi connectivity index (χ1n) is 9.60. The molecule has 2 aromatic carbocycles. The van der Waals surface area contributed by atoms with Crippen LogP contribution in [-0.4, -0.2) is 30.1 Å². The number of sulfonamides is 1. The van der Waals surface area contributed by atoms with Gasteiger partial charge in [-0.1, -0.05) is 23.7 Å². The zero-order valence-corrected chi connectivity index (χ0v) is 19.1. The Hall–Kier alpha value is -3.51. The molecule has 1 N–H and O–H groups in total. The molecule has 0 radical (unpaired) electrons. The normalized spacial score (nSPS) is 12.2. The van der Waals surface area contributed by atoms with Gasteiger partial charge in [0, 0.05) is 24.0 Å². The van der Waals surface area contributed by atoms with E-state index in [0.29, 0.717) is 11.1 Å². The molecule has 0 aliphatic heterocycles. The third-order valence-corrected chi connectivity index (χ3v) is 5.82. The molecule has 1 amide bonds. The van der Waals surface area contributed by atoms with E-state index in [9.17, 15) is 35.2 Å². The first kappa shape index (κ1) is 24.6. The summed E-state index contributed by atoms with van der Waals surface area (Å²) >= 11 is 6.18. The molecule has 6 nitrogen and oxygen atoms in total. The predicted molar refractivity (Wildman–Crippen MR) is 119 cm³/mol. The zero-order chi connectivity index (χ0) is 25.7. The summed E-state index contributed by atoms with van der Waals surface area (Å²) in [5.41, 5.74) is -0.828. The molecule has 0 fully saturated rings. The van der Waals surface area contributed by atoms with E-state index < -0.39 is 44.9 Å². The van der Waals surface area contributed by atoms with Crippen LogP contribution in [0.4, 0.5) is 22.0 Å². The van der Waals surface area contributed by atoms with Gasteiger partial charge in [-0.05, 0) is 29.8 Å². The van der Waals surface area contributed by atoms with Gasteiger partial charge in [0.15, 0.2) is 5.82 Å². The van der Waals surface area contributed by atoms with Crippen LogP contribution < -0.4 is 4.72 Å². The fourth-order valence-electron chi connectivity index (χ4n) is 3.38. The molecule has 0 atom stereocenters. The summed E-state index contributed by atoms with van der Waals surface area (Å²) < 4.78 is 93.0. The quantitative estimate of drug-likeness (QED) is 0.362. The summed E-state index contributed by atoms with van der Waals surface area (Å²) in [7, 11) is -3.96. The van der Waals surface area contributed by atoms with E-state index >= 15 is 0 Å². The minimum absolute atomic E-state index is 0.0160. The lowest BCUT2D eigenvalue weighted by Gasteiger charge is -2.11. The molecular formula is C22H13ClF5N3O3S. The number of nitrogens with zero attached hydrogens (tertiary/aromatic N) is 2. The Morgan fingerprint density at radius 3 is 2.29 bits per heavy atom. The van der Waals surface area contributed by atoms with Gasteiger partial charge in [0.1, 0.15) is 11.5 Å². The van der Waals surface area contributed by atoms with E-state index in [1.807, 2.05) is 0 Å². The van der Waals surface area contributed by atoms with Crippen molar-refractivity contribution in [2.24, 2.45) is 0 Å². The number of hydrogen-bond acceptors (Lipinski definition) is 4. The number of amides is 1. The third-order valence-electron chi connectivity index (χ3n) is 4.96. The number of nitrogens with one attached hydrogen (secondary N) is 1. The maximum absolute atomic E-state index is 14.8. The van der Waals surface area contributed by atoms with E-state index in [0.717, 1.165) is 41.3 Å². The number of carbonyl (C=O) groups excluding carboxylic acids is 1. The van der Waals surface area contributed by atoms with E-state index in [1.54, 1.807) is 4.72 Å². The van der Waals surface area contributed by atoms with E-state index in [4.69, 9.17) is 11.6 Å². The summed E-state index contributed by atoms with van der Waals surface area (Å²) in [6.07, 6.45) is -1.50. The summed E-state index contributed by atoms with van der Waals surface area (Å²) in [5, 5.41) is -0.215. The number of fused-ring (bicyclic) bond motifs is 1. The second-order valence-electron chi connectivity index (χ2n) is 7.50. The fraction of sp³-hybridized carbons (Fsp3) is 0.0909. The minimum atomic E-state index is -4.50. The molecule has 0 saturated heterocycles. The Bertz CT molecular complexity index is 1580. The van der Waals surface area contributed by atoms with Gasteiger partial charge >= 0.3 is 6.18 Å². The van der Waals surface area contributed by atoms with Crippen LogP contribution in [0.25, 0.3) is 27.8 Å². The van der Waals surface area contributed by atoms with Gasteiger partial charge in [-0.2, -0.15) is 13.2 Å². The topological polar surface area (TPSA) is 81.1 Å². The van der Waals surface area contributed by atoms with Crippen LogP contribution in [0.15, 0.2) is 54.9 Å². The predicted octanol–water partition coefficient (Wildman–Crippen LogP) is 5.33. The highest BCUT2D eigenvalue weighted by Crippen LogP contribution is 2.33. The average molecular weight is 530 g/mol. The summed E-state index contributed by atoms with van der Waals surface area (Å²) in [5.74, 6) is -3.12. The maximum atomic E-state index is 14.8. The van der Waals surface area contributed by atoms with Crippen LogP contribution in [-0.2, 0) is 16.2 Å². The highest BCUT2D eigenvalue weighted by Gasteiger charge is 2.30. The monoisotopic (exact) mass is 529 g/mol. The Labute approximate surface area is 200 Å². The van der Waals surface area contributed by atoms with Crippen LogP contribution in [0.5, 0.6) is 0 Å². The third kappa shape index (κ3) is 4.98. The first-order chi connectivity index (χ1) is 16.2. The molecule has 13 heteroatoms. The van der Waals surface area contributed by atoms with Gasteiger partial charge in [-0.25, -0.2) is 26.9 Å². The van der Waals surface area contributed by atoms with Gasteiger partial charge < -0.3 is 0 Å². The Morgan fingerprint density at radius 1 is 1.03 bits per heavy atom. The number of aromatic nitrogens is 2. The number of carbonyl (C=O) groups is 1. The molecule has 0 saturated carbocycles. The van der Waals surface area contributed by atoms with Crippen molar-refractivity contribution in [3.05, 3.63) is 82.6 Å². The van der Waals surface area contributed by atoms with Crippen LogP contribution in [0, 0.1) is 11.6 Å². The number of benzene rings is 2. The molecule has 2 heterocycles. The average Bonchev–Trinajstić information content (AvgIpc) is 3.09. The van der Waals surface area contributed by atoms with Crippen LogP contribution in [0.2, 0.25) is 5.02 Å². The molecular weight excluding hydrogens is 517 g/mol. The highest BCUT2D eigenvalue weighted by atomic mass is 35.5. The second kappa shape index (κ2) is 8.61. The Balaban J connectivity index is 1.75. The molecule has 0 spiro atoms. The molecule has 4 aromatic rings. The molecule has 182 valence electrons. The molecule has 4 rings (SSSR count). The zero-order valence-electron chi connectivity index (χ0n) is 17.5.